The number of anilines is 1. The number of hydrogen-bond acceptors (Lipinski definition) is 9. The first-order valence-electron chi connectivity index (χ1n) is 14.1. The van der Waals surface area contributed by atoms with Gasteiger partial charge in [0.1, 0.15) is 0 Å². The van der Waals surface area contributed by atoms with E-state index in [0.29, 0.717) is 35.1 Å². The summed E-state index contributed by atoms with van der Waals surface area (Å²) in [6.45, 7) is 2.09. The molecule has 0 radical (unpaired) electrons. The molecular weight excluding hydrogens is 590 g/mol. The number of benzene rings is 4. The molecule has 236 valence electrons. The normalized spacial score (nSPS) is 10.8. The van der Waals surface area contributed by atoms with Gasteiger partial charge in [-0.1, -0.05) is 42.5 Å². The SMILES string of the molecule is CCOc1cc(/C=N\NC(=O)c2ccccc2NC(=O)/C=C/c2ccccc2)ccc1OC(=O)c1cc(OC)c(OC)c(OC)c1. The first-order valence-corrected chi connectivity index (χ1v) is 14.1. The Balaban J connectivity index is 1.44. The van der Waals surface area contributed by atoms with Gasteiger partial charge in [-0.3, -0.25) is 9.59 Å². The van der Waals surface area contributed by atoms with E-state index in [9.17, 15) is 14.4 Å². The number of amides is 2. The fourth-order valence-electron chi connectivity index (χ4n) is 4.24. The number of ether oxygens (including phenoxy) is 5. The number of hydrazone groups is 1. The highest BCUT2D eigenvalue weighted by molar-refractivity contribution is 6.07. The van der Waals surface area contributed by atoms with Crippen molar-refractivity contribution in [2.24, 2.45) is 5.10 Å². The quantitative estimate of drug-likeness (QED) is 0.0633. The van der Waals surface area contributed by atoms with Crippen LogP contribution in [0.4, 0.5) is 5.69 Å². The lowest BCUT2D eigenvalue weighted by molar-refractivity contribution is -0.111. The molecule has 0 saturated heterocycles. The van der Waals surface area contributed by atoms with Crippen LogP contribution in [-0.4, -0.2) is 51.9 Å². The van der Waals surface area contributed by atoms with Gasteiger partial charge >= 0.3 is 5.97 Å². The molecule has 11 heteroatoms. The van der Waals surface area contributed by atoms with Crippen LogP contribution in [0.2, 0.25) is 0 Å². The lowest BCUT2D eigenvalue weighted by Crippen LogP contribution is -2.20. The van der Waals surface area contributed by atoms with Crippen molar-refractivity contribution in [3.8, 4) is 28.7 Å². The zero-order chi connectivity index (χ0) is 32.9. The molecule has 0 aromatic heterocycles. The Hall–Kier alpha value is -6.10. The summed E-state index contributed by atoms with van der Waals surface area (Å²) in [6.07, 6.45) is 4.48. The van der Waals surface area contributed by atoms with Gasteiger partial charge in [0.2, 0.25) is 11.7 Å². The van der Waals surface area contributed by atoms with E-state index in [1.807, 2.05) is 30.3 Å². The molecule has 4 aromatic rings. The van der Waals surface area contributed by atoms with Crippen LogP contribution in [0.3, 0.4) is 0 Å². The topological polar surface area (TPSA) is 134 Å². The van der Waals surface area contributed by atoms with Gasteiger partial charge in [-0.15, -0.1) is 0 Å². The lowest BCUT2D eigenvalue weighted by atomic mass is 10.1. The molecule has 2 amide bonds. The minimum absolute atomic E-state index is 0.174. The summed E-state index contributed by atoms with van der Waals surface area (Å²) in [4.78, 5) is 38.4. The van der Waals surface area contributed by atoms with E-state index >= 15 is 0 Å². The molecule has 0 aliphatic rings. The second kappa shape index (κ2) is 16.1. The Morgan fingerprint density at radius 1 is 0.761 bits per heavy atom. The van der Waals surface area contributed by atoms with Crippen LogP contribution >= 0.6 is 0 Å². The highest BCUT2D eigenvalue weighted by Crippen LogP contribution is 2.39. The number of nitrogens with zero attached hydrogens (tertiary/aromatic N) is 1. The number of rotatable bonds is 13. The van der Waals surface area contributed by atoms with Gasteiger partial charge in [0.25, 0.3) is 5.91 Å². The summed E-state index contributed by atoms with van der Waals surface area (Å²) in [7, 11) is 4.37. The number of nitrogens with one attached hydrogen (secondary N) is 2. The van der Waals surface area contributed by atoms with Crippen molar-refractivity contribution in [2.45, 2.75) is 6.92 Å². The predicted molar refractivity (Wildman–Crippen MR) is 174 cm³/mol. The summed E-state index contributed by atoms with van der Waals surface area (Å²) >= 11 is 0. The van der Waals surface area contributed by atoms with Gasteiger partial charge in [0.15, 0.2) is 23.0 Å². The van der Waals surface area contributed by atoms with E-state index in [1.54, 1.807) is 55.5 Å². The van der Waals surface area contributed by atoms with E-state index in [1.165, 1.54) is 45.8 Å². The van der Waals surface area contributed by atoms with E-state index in [0.717, 1.165) is 5.56 Å². The number of methoxy groups -OCH3 is 3. The number of para-hydroxylation sites is 1. The van der Waals surface area contributed by atoms with Crippen molar-refractivity contribution in [2.75, 3.05) is 33.3 Å². The zero-order valence-corrected chi connectivity index (χ0v) is 25.7. The van der Waals surface area contributed by atoms with Crippen molar-refractivity contribution in [3.05, 3.63) is 113 Å². The van der Waals surface area contributed by atoms with Crippen LogP contribution in [0.1, 0.15) is 38.8 Å². The maximum atomic E-state index is 13.0. The largest absolute Gasteiger partial charge is 0.493 e. The van der Waals surface area contributed by atoms with Crippen LogP contribution in [0.15, 0.2) is 96.1 Å². The molecule has 4 rings (SSSR count). The van der Waals surface area contributed by atoms with Crippen molar-refractivity contribution in [3.63, 3.8) is 0 Å². The van der Waals surface area contributed by atoms with Crippen LogP contribution in [0.5, 0.6) is 28.7 Å². The molecule has 0 unspecified atom stereocenters. The average molecular weight is 624 g/mol. The monoisotopic (exact) mass is 623 g/mol. The highest BCUT2D eigenvalue weighted by Gasteiger charge is 2.20. The molecule has 11 nitrogen and oxygen atoms in total. The van der Waals surface area contributed by atoms with E-state index in [-0.39, 0.29) is 28.5 Å². The molecule has 0 aliphatic carbocycles. The second-order valence-corrected chi connectivity index (χ2v) is 9.42. The summed E-state index contributed by atoms with van der Waals surface area (Å²) in [6, 6.07) is 23.8. The maximum Gasteiger partial charge on any atom is 0.343 e. The van der Waals surface area contributed by atoms with Gasteiger partial charge in [0.05, 0.1) is 51.0 Å². The average Bonchev–Trinajstić information content (AvgIpc) is 3.08. The molecular formula is C35H33N3O8. The van der Waals surface area contributed by atoms with Crippen LogP contribution in [-0.2, 0) is 4.79 Å². The van der Waals surface area contributed by atoms with Crippen LogP contribution in [0, 0.1) is 0 Å². The molecule has 0 bridgehead atoms. The predicted octanol–water partition coefficient (Wildman–Crippen LogP) is 5.75. The standard InChI is InChI=1S/C35H33N3O8/c1-5-45-29-19-24(15-17-28(29)46-35(41)25-20-30(42-2)33(44-4)31(21-25)43-3)22-36-38-34(40)26-13-9-10-14-27(26)37-32(39)18-16-23-11-7-6-8-12-23/h6-22H,5H2,1-4H3,(H,37,39)(H,38,40)/b18-16+,36-22-. The van der Waals surface area contributed by atoms with Gasteiger partial charge < -0.3 is 29.0 Å². The number of hydrogen-bond donors (Lipinski definition) is 2. The third-order valence-electron chi connectivity index (χ3n) is 6.41. The van der Waals surface area contributed by atoms with E-state index in [2.05, 4.69) is 15.8 Å². The molecule has 0 fully saturated rings. The zero-order valence-electron chi connectivity index (χ0n) is 25.7. The lowest BCUT2D eigenvalue weighted by Gasteiger charge is -2.15. The number of carbonyl (C=O) groups is 3. The molecule has 0 atom stereocenters. The minimum Gasteiger partial charge on any atom is -0.493 e. The summed E-state index contributed by atoms with van der Waals surface area (Å²) in [5.41, 5.74) is 4.63. The smallest absolute Gasteiger partial charge is 0.343 e. The Morgan fingerprint density at radius 3 is 2.13 bits per heavy atom. The fraction of sp³-hybridized carbons (Fsp3) is 0.143. The van der Waals surface area contributed by atoms with Crippen molar-refractivity contribution >= 4 is 35.8 Å². The summed E-state index contributed by atoms with van der Waals surface area (Å²) < 4.78 is 27.3. The Labute approximate surface area is 266 Å². The van der Waals surface area contributed by atoms with Gasteiger partial charge in [-0.25, -0.2) is 10.2 Å². The molecule has 2 N–H and O–H groups in total. The third-order valence-corrected chi connectivity index (χ3v) is 6.41. The van der Waals surface area contributed by atoms with E-state index < -0.39 is 11.9 Å². The molecule has 46 heavy (non-hydrogen) atoms. The molecule has 0 aliphatic heterocycles. The Morgan fingerprint density at radius 2 is 1.46 bits per heavy atom. The Bertz CT molecular complexity index is 1730. The minimum atomic E-state index is -0.671. The van der Waals surface area contributed by atoms with Crippen molar-refractivity contribution < 1.29 is 38.1 Å². The molecule has 0 spiro atoms. The molecule has 0 heterocycles. The summed E-state index contributed by atoms with van der Waals surface area (Å²) in [5, 5.41) is 6.78. The van der Waals surface area contributed by atoms with Crippen LogP contribution < -0.4 is 34.4 Å². The second-order valence-electron chi connectivity index (χ2n) is 9.42. The van der Waals surface area contributed by atoms with Gasteiger partial charge in [0, 0.05) is 6.08 Å². The van der Waals surface area contributed by atoms with Crippen LogP contribution in [0.25, 0.3) is 6.08 Å². The number of carbonyl (C=O) groups excluding carboxylic acids is 3. The van der Waals surface area contributed by atoms with Gasteiger partial charge in [-0.05, 0) is 66.6 Å². The molecule has 4 aromatic carbocycles. The Kier molecular flexibility index (Phi) is 11.5. The van der Waals surface area contributed by atoms with E-state index in [4.69, 9.17) is 23.7 Å². The van der Waals surface area contributed by atoms with Crippen molar-refractivity contribution in [1.82, 2.24) is 5.43 Å². The summed E-state index contributed by atoms with van der Waals surface area (Å²) in [5.74, 6) is -0.174. The molecule has 0 saturated carbocycles. The first-order chi connectivity index (χ1) is 22.4. The number of esters is 1. The highest BCUT2D eigenvalue weighted by atomic mass is 16.6. The maximum absolute atomic E-state index is 13.0. The third kappa shape index (κ3) is 8.50. The van der Waals surface area contributed by atoms with Gasteiger partial charge in [-0.2, -0.15) is 5.10 Å². The first kappa shape index (κ1) is 32.8. The fourth-order valence-corrected chi connectivity index (χ4v) is 4.24. The van der Waals surface area contributed by atoms with Crippen molar-refractivity contribution in [1.29, 1.82) is 0 Å².